The molecule has 41 heavy (non-hydrogen) atoms. The predicted molar refractivity (Wildman–Crippen MR) is 155 cm³/mol. The number of anilines is 1. The Kier molecular flexibility index (Phi) is 8.83. The Labute approximate surface area is 243 Å². The SMILES string of the molecule is COC(=O)NC(=O)c1c(NC(=O)c2ccc(S(=O)(=O)N3CCCCC3)cc2)sc2c1CCN(Cc1ccccc1)C2. The summed E-state index contributed by atoms with van der Waals surface area (Å²) in [6.45, 7) is 3.03. The summed E-state index contributed by atoms with van der Waals surface area (Å²) < 4.78 is 32.1. The van der Waals surface area contributed by atoms with Gasteiger partial charge in [0.1, 0.15) is 5.00 Å². The van der Waals surface area contributed by atoms with Crippen LogP contribution in [-0.2, 0) is 34.3 Å². The van der Waals surface area contributed by atoms with E-state index in [4.69, 9.17) is 0 Å². The maximum Gasteiger partial charge on any atom is 0.413 e. The van der Waals surface area contributed by atoms with Gasteiger partial charge in [0, 0.05) is 43.2 Å². The zero-order valence-electron chi connectivity index (χ0n) is 22.7. The largest absolute Gasteiger partial charge is 0.453 e. The molecule has 2 N–H and O–H groups in total. The van der Waals surface area contributed by atoms with Gasteiger partial charge in [-0.2, -0.15) is 4.31 Å². The van der Waals surface area contributed by atoms with Crippen LogP contribution in [0.25, 0.3) is 0 Å². The van der Waals surface area contributed by atoms with Gasteiger partial charge in [-0.25, -0.2) is 13.2 Å². The Balaban J connectivity index is 1.37. The lowest BCUT2D eigenvalue weighted by Gasteiger charge is -2.27. The van der Waals surface area contributed by atoms with E-state index in [9.17, 15) is 22.8 Å². The number of rotatable bonds is 7. The Morgan fingerprint density at radius 2 is 1.63 bits per heavy atom. The van der Waals surface area contributed by atoms with Gasteiger partial charge in [-0.3, -0.25) is 19.8 Å². The minimum Gasteiger partial charge on any atom is -0.453 e. The smallest absolute Gasteiger partial charge is 0.413 e. The number of sulfonamides is 1. The van der Waals surface area contributed by atoms with Crippen molar-refractivity contribution in [3.05, 3.63) is 81.7 Å². The van der Waals surface area contributed by atoms with E-state index in [-0.39, 0.29) is 16.0 Å². The molecule has 3 amide bonds. The number of methoxy groups -OCH3 is 1. The average molecular weight is 597 g/mol. The molecule has 0 aliphatic carbocycles. The van der Waals surface area contributed by atoms with Crippen molar-refractivity contribution < 1.29 is 27.5 Å². The molecular weight excluding hydrogens is 564 g/mol. The van der Waals surface area contributed by atoms with Crippen molar-refractivity contribution in [3.63, 3.8) is 0 Å². The Morgan fingerprint density at radius 1 is 0.927 bits per heavy atom. The van der Waals surface area contributed by atoms with Crippen molar-refractivity contribution in [2.45, 2.75) is 43.7 Å². The first-order valence-electron chi connectivity index (χ1n) is 13.5. The topological polar surface area (TPSA) is 125 Å². The Morgan fingerprint density at radius 3 is 2.32 bits per heavy atom. The molecule has 2 aliphatic rings. The van der Waals surface area contributed by atoms with Crippen molar-refractivity contribution >= 4 is 44.3 Å². The standard InChI is InChI=1S/C29H32N4O6S2/c1-39-29(36)31-27(35)25-23-14-17-32(18-20-8-4-2-5-9-20)19-24(23)40-28(25)30-26(34)21-10-12-22(13-11-21)41(37,38)33-15-6-3-7-16-33/h2,4-5,8-13H,3,6-7,14-19H2,1H3,(H,30,34)(H,31,35,36). The highest BCUT2D eigenvalue weighted by Crippen LogP contribution is 2.38. The molecule has 0 atom stereocenters. The first-order valence-corrected chi connectivity index (χ1v) is 15.7. The zero-order valence-corrected chi connectivity index (χ0v) is 24.4. The molecule has 3 aromatic rings. The van der Waals surface area contributed by atoms with Crippen molar-refractivity contribution in [1.29, 1.82) is 0 Å². The Hall–Kier alpha value is -3.58. The Bertz CT molecular complexity index is 1530. The molecule has 1 aromatic heterocycles. The van der Waals surface area contributed by atoms with Crippen molar-refractivity contribution in [1.82, 2.24) is 14.5 Å². The van der Waals surface area contributed by atoms with Gasteiger partial charge >= 0.3 is 6.09 Å². The summed E-state index contributed by atoms with van der Waals surface area (Å²) >= 11 is 1.30. The molecule has 0 saturated carbocycles. The van der Waals surface area contributed by atoms with Crippen molar-refractivity contribution in [2.75, 3.05) is 32.1 Å². The molecule has 0 bridgehead atoms. The lowest BCUT2D eigenvalue weighted by atomic mass is 10.0. The van der Waals surface area contributed by atoms with Crippen LogP contribution >= 0.6 is 11.3 Å². The lowest BCUT2D eigenvalue weighted by Crippen LogP contribution is -2.35. The molecule has 1 saturated heterocycles. The lowest BCUT2D eigenvalue weighted by molar-refractivity contribution is 0.0936. The molecule has 3 heterocycles. The number of fused-ring (bicyclic) bond motifs is 1. The number of nitrogens with zero attached hydrogens (tertiary/aromatic N) is 2. The van der Waals surface area contributed by atoms with Crippen LogP contribution in [0.1, 0.15) is 56.0 Å². The number of ether oxygens (including phenoxy) is 1. The van der Waals surface area contributed by atoms with Gasteiger partial charge in [0.15, 0.2) is 0 Å². The number of amides is 3. The van der Waals surface area contributed by atoms with Gasteiger partial charge in [-0.1, -0.05) is 36.8 Å². The van der Waals surface area contributed by atoms with Crippen LogP contribution in [0.2, 0.25) is 0 Å². The molecule has 12 heteroatoms. The third-order valence-corrected chi connectivity index (χ3v) is 10.4. The van der Waals surface area contributed by atoms with Crippen molar-refractivity contribution in [3.8, 4) is 0 Å². The predicted octanol–water partition coefficient (Wildman–Crippen LogP) is 4.23. The van der Waals surface area contributed by atoms with Crippen LogP contribution in [-0.4, -0.2) is 62.3 Å². The van der Waals surface area contributed by atoms with E-state index < -0.39 is 27.9 Å². The number of alkyl carbamates (subject to hydrolysis) is 1. The van der Waals surface area contributed by atoms with E-state index in [0.29, 0.717) is 37.6 Å². The van der Waals surface area contributed by atoms with Crippen LogP contribution in [0.4, 0.5) is 9.80 Å². The van der Waals surface area contributed by atoms with Crippen LogP contribution in [0.3, 0.4) is 0 Å². The molecule has 2 aromatic carbocycles. The summed E-state index contributed by atoms with van der Waals surface area (Å²) in [6.07, 6.45) is 2.36. The molecule has 5 rings (SSSR count). The third kappa shape index (κ3) is 6.51. The van der Waals surface area contributed by atoms with Crippen LogP contribution in [0, 0.1) is 0 Å². The first kappa shape index (κ1) is 28.9. The third-order valence-electron chi connectivity index (χ3n) is 7.31. The number of thiophene rings is 1. The fourth-order valence-corrected chi connectivity index (χ4v) is 7.97. The van der Waals surface area contributed by atoms with Gasteiger partial charge in [-0.05, 0) is 54.7 Å². The second-order valence-corrected chi connectivity index (χ2v) is 13.1. The number of carbonyl (C=O) groups is 3. The highest BCUT2D eigenvalue weighted by molar-refractivity contribution is 7.89. The summed E-state index contributed by atoms with van der Waals surface area (Å²) in [5, 5.41) is 5.37. The quantitative estimate of drug-likeness (QED) is 0.418. The van der Waals surface area contributed by atoms with Crippen LogP contribution < -0.4 is 10.6 Å². The number of benzene rings is 2. The maximum absolute atomic E-state index is 13.3. The minimum atomic E-state index is -3.62. The highest BCUT2D eigenvalue weighted by atomic mass is 32.2. The number of carbonyl (C=O) groups excluding carboxylic acids is 3. The summed E-state index contributed by atoms with van der Waals surface area (Å²) in [4.78, 5) is 41.5. The second kappa shape index (κ2) is 12.5. The van der Waals surface area contributed by atoms with E-state index in [1.165, 1.54) is 52.6 Å². The normalized spacial score (nSPS) is 16.0. The first-order chi connectivity index (χ1) is 19.8. The highest BCUT2D eigenvalue weighted by Gasteiger charge is 2.30. The van der Waals surface area contributed by atoms with Crippen molar-refractivity contribution in [2.24, 2.45) is 0 Å². The summed E-state index contributed by atoms with van der Waals surface area (Å²) in [6, 6.07) is 15.9. The molecular formula is C29H32N4O6S2. The fraction of sp³-hybridized carbons (Fsp3) is 0.345. The number of imide groups is 1. The molecule has 216 valence electrons. The van der Waals surface area contributed by atoms with Gasteiger partial charge in [-0.15, -0.1) is 11.3 Å². The molecule has 2 aliphatic heterocycles. The number of hydrogen-bond acceptors (Lipinski definition) is 8. The van der Waals surface area contributed by atoms with Crippen LogP contribution in [0.5, 0.6) is 0 Å². The number of hydrogen-bond donors (Lipinski definition) is 2. The van der Waals surface area contributed by atoms with Gasteiger partial charge in [0.05, 0.1) is 17.6 Å². The summed E-state index contributed by atoms with van der Waals surface area (Å²) in [5.74, 6) is -1.14. The van der Waals surface area contributed by atoms with E-state index in [2.05, 4.69) is 32.4 Å². The molecule has 0 radical (unpaired) electrons. The number of piperidine rings is 1. The van der Waals surface area contributed by atoms with Gasteiger partial charge in [0.2, 0.25) is 10.0 Å². The van der Waals surface area contributed by atoms with Gasteiger partial charge < -0.3 is 10.1 Å². The summed E-state index contributed by atoms with van der Waals surface area (Å²) in [7, 11) is -2.45. The van der Waals surface area contributed by atoms with E-state index in [1.807, 2.05) is 18.2 Å². The maximum atomic E-state index is 13.3. The van der Waals surface area contributed by atoms with Gasteiger partial charge in [0.25, 0.3) is 11.8 Å². The second-order valence-electron chi connectivity index (χ2n) is 10.0. The van der Waals surface area contributed by atoms with E-state index in [0.717, 1.165) is 36.2 Å². The monoisotopic (exact) mass is 596 g/mol. The molecule has 10 nitrogen and oxygen atoms in total. The van der Waals surface area contributed by atoms with E-state index >= 15 is 0 Å². The molecule has 1 fully saturated rings. The fourth-order valence-electron chi connectivity index (χ4n) is 5.18. The molecule has 0 unspecified atom stereocenters. The van der Waals surface area contributed by atoms with E-state index in [1.54, 1.807) is 0 Å². The average Bonchev–Trinajstić information content (AvgIpc) is 3.35. The number of nitrogens with one attached hydrogen (secondary N) is 2. The minimum absolute atomic E-state index is 0.138. The zero-order chi connectivity index (χ0) is 29.0. The molecule has 0 spiro atoms. The van der Waals surface area contributed by atoms with Crippen LogP contribution in [0.15, 0.2) is 59.5 Å². The summed E-state index contributed by atoms with van der Waals surface area (Å²) in [5.41, 5.74) is 2.46.